The quantitative estimate of drug-likeness (QED) is 0.908. The molecule has 0 saturated carbocycles. The van der Waals surface area contributed by atoms with Crippen LogP contribution in [0.1, 0.15) is 24.4 Å². The zero-order valence-electron chi connectivity index (χ0n) is 8.96. The summed E-state index contributed by atoms with van der Waals surface area (Å²) < 4.78 is 41.4. The second kappa shape index (κ2) is 6.12. The molecule has 0 aliphatic carbocycles. The molecule has 2 rings (SSSR count). The third-order valence-corrected chi connectivity index (χ3v) is 2.58. The largest absolute Gasteiger partial charge is 0.435 e. The van der Waals surface area contributed by atoms with Crippen molar-refractivity contribution >= 4 is 12.4 Å². The Morgan fingerprint density at radius 3 is 2.65 bits per heavy atom. The first kappa shape index (κ1) is 14.1. The number of hydrogen-bond acceptors (Lipinski definition) is 2. The van der Waals surface area contributed by atoms with Gasteiger partial charge in [0.05, 0.1) is 0 Å². The summed E-state index contributed by atoms with van der Waals surface area (Å²) >= 11 is 0. The zero-order valence-corrected chi connectivity index (χ0v) is 9.77. The van der Waals surface area contributed by atoms with Gasteiger partial charge in [0.15, 0.2) is 0 Å². The molecule has 0 spiro atoms. The Hall–Kier alpha value is -0.940. The van der Waals surface area contributed by atoms with Gasteiger partial charge in [0.2, 0.25) is 0 Å². The summed E-state index contributed by atoms with van der Waals surface area (Å²) in [5, 5.41) is 3.17. The van der Waals surface area contributed by atoms with Crippen molar-refractivity contribution in [3.05, 3.63) is 29.6 Å². The monoisotopic (exact) mass is 267 g/mol. The average Bonchev–Trinajstić information content (AvgIpc) is 2.67. The third kappa shape index (κ3) is 3.78. The number of rotatable bonds is 3. The molecule has 1 aromatic carbocycles. The molecule has 0 radical (unpaired) electrons. The fourth-order valence-electron chi connectivity index (χ4n) is 1.93. The summed E-state index contributed by atoms with van der Waals surface area (Å²) in [4.78, 5) is 0. The minimum Gasteiger partial charge on any atom is -0.435 e. The summed E-state index contributed by atoms with van der Waals surface area (Å²) in [6, 6.07) is 3.81. The van der Waals surface area contributed by atoms with Gasteiger partial charge >= 0.3 is 6.61 Å². The first-order valence-corrected chi connectivity index (χ1v) is 5.14. The molecule has 0 amide bonds. The van der Waals surface area contributed by atoms with E-state index in [-0.39, 0.29) is 24.2 Å². The lowest BCUT2D eigenvalue weighted by molar-refractivity contribution is -0.0500. The van der Waals surface area contributed by atoms with Crippen LogP contribution in [0, 0.1) is 5.82 Å². The molecule has 1 heterocycles. The van der Waals surface area contributed by atoms with E-state index >= 15 is 0 Å². The number of ether oxygens (including phenoxy) is 1. The van der Waals surface area contributed by atoms with E-state index in [0.29, 0.717) is 5.56 Å². The number of alkyl halides is 2. The Labute approximate surface area is 104 Å². The normalized spacial score (nSPS) is 19.2. The van der Waals surface area contributed by atoms with E-state index in [0.717, 1.165) is 25.5 Å². The number of nitrogens with one attached hydrogen (secondary N) is 1. The SMILES string of the molecule is Cl.Fc1cc(OC(F)F)cc([C@H]2CCCN2)c1. The second-order valence-corrected chi connectivity index (χ2v) is 3.75. The molecule has 1 aromatic rings. The van der Waals surface area contributed by atoms with Gasteiger partial charge in [-0.25, -0.2) is 4.39 Å². The summed E-state index contributed by atoms with van der Waals surface area (Å²) in [6.07, 6.45) is 1.89. The first-order valence-electron chi connectivity index (χ1n) is 5.14. The summed E-state index contributed by atoms with van der Waals surface area (Å²) in [5.74, 6) is -0.680. The van der Waals surface area contributed by atoms with Crippen LogP contribution in [0.2, 0.25) is 0 Å². The van der Waals surface area contributed by atoms with E-state index in [4.69, 9.17) is 0 Å². The summed E-state index contributed by atoms with van der Waals surface area (Å²) in [5.41, 5.74) is 0.660. The molecule has 1 saturated heterocycles. The van der Waals surface area contributed by atoms with E-state index in [2.05, 4.69) is 10.1 Å². The van der Waals surface area contributed by atoms with Crippen LogP contribution in [0.3, 0.4) is 0 Å². The van der Waals surface area contributed by atoms with Crippen molar-refractivity contribution < 1.29 is 17.9 Å². The van der Waals surface area contributed by atoms with Gasteiger partial charge < -0.3 is 10.1 Å². The van der Waals surface area contributed by atoms with Crippen LogP contribution in [-0.4, -0.2) is 13.2 Å². The predicted octanol–water partition coefficient (Wildman–Crippen LogP) is 3.27. The highest BCUT2D eigenvalue weighted by molar-refractivity contribution is 5.85. The van der Waals surface area contributed by atoms with Gasteiger partial charge in [-0.15, -0.1) is 12.4 Å². The Morgan fingerprint density at radius 1 is 1.29 bits per heavy atom. The minimum absolute atomic E-state index is 0. The van der Waals surface area contributed by atoms with Crippen molar-refractivity contribution in [1.82, 2.24) is 5.32 Å². The Kier molecular flexibility index (Phi) is 5.08. The number of benzene rings is 1. The topological polar surface area (TPSA) is 21.3 Å². The summed E-state index contributed by atoms with van der Waals surface area (Å²) in [6.45, 7) is -2.06. The van der Waals surface area contributed by atoms with Crippen molar-refractivity contribution in [2.24, 2.45) is 0 Å². The Morgan fingerprint density at radius 2 is 2.06 bits per heavy atom. The molecule has 6 heteroatoms. The zero-order chi connectivity index (χ0) is 11.5. The van der Waals surface area contributed by atoms with Gasteiger partial charge in [-0.3, -0.25) is 0 Å². The van der Waals surface area contributed by atoms with Crippen molar-refractivity contribution in [2.45, 2.75) is 25.5 Å². The van der Waals surface area contributed by atoms with Crippen molar-refractivity contribution in [1.29, 1.82) is 0 Å². The van der Waals surface area contributed by atoms with Crippen molar-refractivity contribution in [3.63, 3.8) is 0 Å². The van der Waals surface area contributed by atoms with Gasteiger partial charge in [-0.05, 0) is 37.1 Å². The lowest BCUT2D eigenvalue weighted by atomic mass is 10.1. The van der Waals surface area contributed by atoms with E-state index in [1.165, 1.54) is 12.1 Å². The minimum atomic E-state index is -2.92. The molecule has 0 bridgehead atoms. The highest BCUT2D eigenvalue weighted by Crippen LogP contribution is 2.27. The molecule has 1 atom stereocenters. The first-order chi connectivity index (χ1) is 7.65. The second-order valence-electron chi connectivity index (χ2n) is 3.75. The van der Waals surface area contributed by atoms with Crippen LogP contribution in [0.15, 0.2) is 18.2 Å². The molecule has 0 unspecified atom stereocenters. The van der Waals surface area contributed by atoms with E-state index in [1.807, 2.05) is 0 Å². The number of hydrogen-bond donors (Lipinski definition) is 1. The molecule has 1 aliphatic heterocycles. The Bertz CT molecular complexity index is 370. The molecule has 1 N–H and O–H groups in total. The van der Waals surface area contributed by atoms with Crippen LogP contribution in [0.5, 0.6) is 5.75 Å². The van der Waals surface area contributed by atoms with E-state index in [1.54, 1.807) is 0 Å². The lowest BCUT2D eigenvalue weighted by Crippen LogP contribution is -2.13. The predicted molar refractivity (Wildman–Crippen MR) is 60.3 cm³/mol. The lowest BCUT2D eigenvalue weighted by Gasteiger charge is -2.12. The maximum atomic E-state index is 13.2. The van der Waals surface area contributed by atoms with Crippen LogP contribution in [-0.2, 0) is 0 Å². The molecule has 1 fully saturated rings. The van der Waals surface area contributed by atoms with Crippen molar-refractivity contribution in [2.75, 3.05) is 6.54 Å². The maximum absolute atomic E-state index is 13.2. The van der Waals surface area contributed by atoms with Gasteiger partial charge in [0, 0.05) is 12.1 Å². The van der Waals surface area contributed by atoms with Gasteiger partial charge in [-0.1, -0.05) is 0 Å². The maximum Gasteiger partial charge on any atom is 0.387 e. The van der Waals surface area contributed by atoms with E-state index < -0.39 is 12.4 Å². The summed E-state index contributed by atoms with van der Waals surface area (Å²) in [7, 11) is 0. The molecule has 0 aromatic heterocycles. The molecule has 2 nitrogen and oxygen atoms in total. The van der Waals surface area contributed by atoms with E-state index in [9.17, 15) is 13.2 Å². The van der Waals surface area contributed by atoms with Gasteiger partial charge in [-0.2, -0.15) is 8.78 Å². The third-order valence-electron chi connectivity index (χ3n) is 2.58. The fraction of sp³-hybridized carbons (Fsp3) is 0.455. The average molecular weight is 268 g/mol. The van der Waals surface area contributed by atoms with Gasteiger partial charge in [0.1, 0.15) is 11.6 Å². The molecule has 1 aliphatic rings. The highest BCUT2D eigenvalue weighted by Gasteiger charge is 2.18. The fourth-order valence-corrected chi connectivity index (χ4v) is 1.93. The number of halogens is 4. The smallest absolute Gasteiger partial charge is 0.387 e. The van der Waals surface area contributed by atoms with Crippen LogP contribution in [0.4, 0.5) is 13.2 Å². The van der Waals surface area contributed by atoms with Crippen LogP contribution < -0.4 is 10.1 Å². The Balaban J connectivity index is 0.00000144. The molecular formula is C11H13ClF3NO. The van der Waals surface area contributed by atoms with Crippen LogP contribution in [0.25, 0.3) is 0 Å². The highest BCUT2D eigenvalue weighted by atomic mass is 35.5. The standard InChI is InChI=1S/C11H12F3NO.ClH/c12-8-4-7(10-2-1-3-15-10)5-9(6-8)16-11(13)14;/h4-6,10-11,15H,1-3H2;1H/t10-;/m1./s1. The van der Waals surface area contributed by atoms with Crippen LogP contribution >= 0.6 is 12.4 Å². The molecule has 17 heavy (non-hydrogen) atoms. The van der Waals surface area contributed by atoms with Crippen molar-refractivity contribution in [3.8, 4) is 5.75 Å². The molecular weight excluding hydrogens is 255 g/mol. The molecule has 96 valence electrons. The van der Waals surface area contributed by atoms with Gasteiger partial charge in [0.25, 0.3) is 0 Å².